The lowest BCUT2D eigenvalue weighted by atomic mass is 9.74. The fourth-order valence-corrected chi connectivity index (χ4v) is 2.96. The Morgan fingerprint density at radius 3 is 2.95 bits per heavy atom. The molecule has 5 heteroatoms. The molecule has 3 N–H and O–H groups in total. The smallest absolute Gasteiger partial charge is 0.229 e. The first-order valence-electron chi connectivity index (χ1n) is 6.45. The van der Waals surface area contributed by atoms with Crippen molar-refractivity contribution in [2.45, 2.75) is 38.1 Å². The second kappa shape index (κ2) is 5.59. The fourth-order valence-electron chi connectivity index (χ4n) is 2.60. The zero-order valence-electron chi connectivity index (χ0n) is 10.9. The van der Waals surface area contributed by atoms with E-state index in [1.165, 1.54) is 6.07 Å². The molecule has 0 aliphatic heterocycles. The number of carbonyl (C=O) groups excluding carboxylic acids is 1. The molecule has 1 aliphatic rings. The summed E-state index contributed by atoms with van der Waals surface area (Å²) in [6, 6.07) is 4.48. The van der Waals surface area contributed by atoms with Gasteiger partial charge in [0.15, 0.2) is 0 Å². The van der Waals surface area contributed by atoms with E-state index < -0.39 is 11.4 Å². The van der Waals surface area contributed by atoms with Gasteiger partial charge in [-0.1, -0.05) is 28.8 Å². The second-order valence-electron chi connectivity index (χ2n) is 5.42. The molecule has 0 heterocycles. The van der Waals surface area contributed by atoms with E-state index in [0.717, 1.165) is 30.2 Å². The molecular formula is C14H18BrFN2O. The lowest BCUT2D eigenvalue weighted by Crippen LogP contribution is -2.51. The van der Waals surface area contributed by atoms with Crippen LogP contribution in [0.1, 0.15) is 32.6 Å². The average Bonchev–Trinajstić information content (AvgIpc) is 2.33. The van der Waals surface area contributed by atoms with Crippen LogP contribution in [0, 0.1) is 11.7 Å². The molecule has 2 unspecified atom stereocenters. The van der Waals surface area contributed by atoms with E-state index in [9.17, 15) is 9.18 Å². The van der Waals surface area contributed by atoms with Gasteiger partial charge in [-0.25, -0.2) is 4.39 Å². The molecule has 3 nitrogen and oxygen atoms in total. The van der Waals surface area contributed by atoms with E-state index in [-0.39, 0.29) is 17.5 Å². The molecule has 1 aromatic carbocycles. The van der Waals surface area contributed by atoms with Gasteiger partial charge in [0.05, 0.1) is 11.6 Å². The number of nitrogens with two attached hydrogens (primary N) is 1. The largest absolute Gasteiger partial charge is 0.325 e. The minimum Gasteiger partial charge on any atom is -0.325 e. The highest BCUT2D eigenvalue weighted by molar-refractivity contribution is 9.10. The van der Waals surface area contributed by atoms with Crippen molar-refractivity contribution in [3.8, 4) is 0 Å². The Morgan fingerprint density at radius 2 is 2.26 bits per heavy atom. The Kier molecular flexibility index (Phi) is 4.26. The van der Waals surface area contributed by atoms with E-state index in [1.54, 1.807) is 12.1 Å². The first-order chi connectivity index (χ1) is 8.90. The zero-order valence-corrected chi connectivity index (χ0v) is 12.5. The van der Waals surface area contributed by atoms with E-state index in [2.05, 4.69) is 21.2 Å². The van der Waals surface area contributed by atoms with E-state index >= 15 is 0 Å². The van der Waals surface area contributed by atoms with Crippen molar-refractivity contribution in [2.75, 3.05) is 5.32 Å². The Bertz CT molecular complexity index is 490. The summed E-state index contributed by atoms with van der Waals surface area (Å²) in [6.07, 6.45) is 3.62. The SMILES string of the molecule is CC1(N)CCCCC1C(=O)Nc1cc(Br)ccc1F. The van der Waals surface area contributed by atoms with Crippen molar-refractivity contribution < 1.29 is 9.18 Å². The van der Waals surface area contributed by atoms with E-state index in [1.807, 2.05) is 6.92 Å². The zero-order chi connectivity index (χ0) is 14.0. The molecule has 1 aromatic rings. The quantitative estimate of drug-likeness (QED) is 0.873. The van der Waals surface area contributed by atoms with Crippen LogP contribution in [0.3, 0.4) is 0 Å². The van der Waals surface area contributed by atoms with Gasteiger partial charge < -0.3 is 11.1 Å². The van der Waals surface area contributed by atoms with Crippen LogP contribution >= 0.6 is 15.9 Å². The Labute approximate surface area is 120 Å². The monoisotopic (exact) mass is 328 g/mol. The summed E-state index contributed by atoms with van der Waals surface area (Å²) >= 11 is 3.26. The molecule has 19 heavy (non-hydrogen) atoms. The molecule has 0 saturated heterocycles. The Hall–Kier alpha value is -0.940. The fraction of sp³-hybridized carbons (Fsp3) is 0.500. The van der Waals surface area contributed by atoms with Crippen molar-refractivity contribution in [1.29, 1.82) is 0 Å². The van der Waals surface area contributed by atoms with Gasteiger partial charge in [-0.05, 0) is 38.0 Å². The molecular weight excluding hydrogens is 311 g/mol. The van der Waals surface area contributed by atoms with Gasteiger partial charge in [0, 0.05) is 10.0 Å². The molecule has 1 saturated carbocycles. The molecule has 1 amide bonds. The van der Waals surface area contributed by atoms with Crippen molar-refractivity contribution in [3.05, 3.63) is 28.5 Å². The van der Waals surface area contributed by atoms with Crippen LogP contribution in [0.5, 0.6) is 0 Å². The van der Waals surface area contributed by atoms with Gasteiger partial charge >= 0.3 is 0 Å². The third-order valence-electron chi connectivity index (χ3n) is 3.76. The van der Waals surface area contributed by atoms with Crippen LogP contribution in [0.2, 0.25) is 0 Å². The highest BCUT2D eigenvalue weighted by Gasteiger charge is 2.37. The molecule has 1 fully saturated rings. The van der Waals surface area contributed by atoms with Crippen LogP contribution < -0.4 is 11.1 Å². The number of benzene rings is 1. The Morgan fingerprint density at radius 1 is 1.53 bits per heavy atom. The summed E-state index contributed by atoms with van der Waals surface area (Å²) in [5.74, 6) is -0.896. The first-order valence-corrected chi connectivity index (χ1v) is 7.24. The molecule has 104 valence electrons. The third-order valence-corrected chi connectivity index (χ3v) is 4.25. The number of rotatable bonds is 2. The van der Waals surface area contributed by atoms with Gasteiger partial charge in [0.25, 0.3) is 0 Å². The lowest BCUT2D eigenvalue weighted by Gasteiger charge is -2.37. The molecule has 0 radical (unpaired) electrons. The van der Waals surface area contributed by atoms with E-state index in [4.69, 9.17) is 5.73 Å². The van der Waals surface area contributed by atoms with Crippen molar-refractivity contribution in [2.24, 2.45) is 11.7 Å². The number of carbonyl (C=O) groups is 1. The maximum atomic E-state index is 13.6. The summed E-state index contributed by atoms with van der Waals surface area (Å²) in [6.45, 7) is 1.90. The number of amides is 1. The van der Waals surface area contributed by atoms with Crippen molar-refractivity contribution >= 4 is 27.5 Å². The number of anilines is 1. The second-order valence-corrected chi connectivity index (χ2v) is 6.33. The van der Waals surface area contributed by atoms with Crippen LogP contribution in [-0.4, -0.2) is 11.4 Å². The van der Waals surface area contributed by atoms with Crippen LogP contribution in [0.25, 0.3) is 0 Å². The summed E-state index contributed by atoms with van der Waals surface area (Å²) in [5.41, 5.74) is 5.87. The van der Waals surface area contributed by atoms with Crippen LogP contribution in [-0.2, 0) is 4.79 Å². The molecule has 0 aromatic heterocycles. The van der Waals surface area contributed by atoms with Crippen LogP contribution in [0.4, 0.5) is 10.1 Å². The summed E-state index contributed by atoms with van der Waals surface area (Å²) in [5, 5.41) is 2.65. The van der Waals surface area contributed by atoms with Gasteiger partial charge in [-0.15, -0.1) is 0 Å². The minimum atomic E-state index is -0.509. The minimum absolute atomic E-state index is 0.193. The lowest BCUT2D eigenvalue weighted by molar-refractivity contribution is -0.122. The standard InChI is InChI=1S/C14H18BrFN2O/c1-14(17)7-3-2-4-10(14)13(19)18-12-8-9(15)5-6-11(12)16/h5-6,8,10H,2-4,7,17H2,1H3,(H,18,19). The average molecular weight is 329 g/mol. The maximum Gasteiger partial charge on any atom is 0.229 e. The van der Waals surface area contributed by atoms with Crippen molar-refractivity contribution in [3.63, 3.8) is 0 Å². The summed E-state index contributed by atoms with van der Waals surface area (Å²) in [7, 11) is 0. The Balaban J connectivity index is 2.14. The van der Waals surface area contributed by atoms with Crippen LogP contribution in [0.15, 0.2) is 22.7 Å². The molecule has 2 atom stereocenters. The summed E-state index contributed by atoms with van der Waals surface area (Å²) < 4.78 is 14.3. The third kappa shape index (κ3) is 3.34. The molecule has 2 rings (SSSR count). The highest BCUT2D eigenvalue weighted by atomic mass is 79.9. The maximum absolute atomic E-state index is 13.6. The number of halogens is 2. The first kappa shape index (κ1) is 14.5. The number of hydrogen-bond acceptors (Lipinski definition) is 2. The predicted molar refractivity (Wildman–Crippen MR) is 77.3 cm³/mol. The normalized spacial score (nSPS) is 27.1. The summed E-state index contributed by atoms with van der Waals surface area (Å²) in [4.78, 5) is 12.3. The van der Waals surface area contributed by atoms with Gasteiger partial charge in [0.1, 0.15) is 5.82 Å². The number of nitrogens with one attached hydrogen (secondary N) is 1. The van der Waals surface area contributed by atoms with Gasteiger partial charge in [-0.3, -0.25) is 4.79 Å². The van der Waals surface area contributed by atoms with Gasteiger partial charge in [0.2, 0.25) is 5.91 Å². The van der Waals surface area contributed by atoms with E-state index in [0.29, 0.717) is 0 Å². The van der Waals surface area contributed by atoms with Gasteiger partial charge in [-0.2, -0.15) is 0 Å². The molecule has 1 aliphatic carbocycles. The predicted octanol–water partition coefficient (Wildman–Crippen LogP) is 3.43. The number of hydrogen-bond donors (Lipinski definition) is 2. The topological polar surface area (TPSA) is 55.1 Å². The van der Waals surface area contributed by atoms with Crippen molar-refractivity contribution in [1.82, 2.24) is 0 Å². The molecule has 0 bridgehead atoms. The highest BCUT2D eigenvalue weighted by Crippen LogP contribution is 2.32. The molecule has 0 spiro atoms.